The zero-order chi connectivity index (χ0) is 21.1. The van der Waals surface area contributed by atoms with Crippen molar-refractivity contribution >= 4 is 22.7 Å². The Morgan fingerprint density at radius 3 is 2.00 bits per heavy atom. The van der Waals surface area contributed by atoms with Crippen LogP contribution in [0, 0.1) is 11.8 Å². The lowest BCUT2D eigenvalue weighted by atomic mass is 9.96. The van der Waals surface area contributed by atoms with Gasteiger partial charge in [0.1, 0.15) is 0 Å². The number of hydrogen-bond donors (Lipinski definition) is 2. The smallest absolute Gasteiger partial charge is 0.336 e. The molecule has 0 fully saturated rings. The van der Waals surface area contributed by atoms with E-state index in [2.05, 4.69) is 17.9 Å². The fourth-order valence-electron chi connectivity index (χ4n) is 3.25. The van der Waals surface area contributed by atoms with Crippen LogP contribution < -0.4 is 0 Å². The Bertz CT molecular complexity index is 1340. The van der Waals surface area contributed by atoms with E-state index in [1.165, 1.54) is 18.2 Å². The van der Waals surface area contributed by atoms with E-state index in [0.717, 1.165) is 21.9 Å². The van der Waals surface area contributed by atoms with E-state index < -0.39 is 11.9 Å². The summed E-state index contributed by atoms with van der Waals surface area (Å²) in [5.74, 6) is 4.04. The Kier molecular flexibility index (Phi) is 5.02. The maximum atomic E-state index is 11.5. The molecular formula is C26H16O4. The number of aromatic carboxylic acids is 2. The van der Waals surface area contributed by atoms with Gasteiger partial charge in [-0.05, 0) is 64.4 Å². The highest BCUT2D eigenvalue weighted by Gasteiger charge is 2.14. The van der Waals surface area contributed by atoms with E-state index >= 15 is 0 Å². The Morgan fingerprint density at radius 2 is 1.30 bits per heavy atom. The minimum Gasteiger partial charge on any atom is -0.478 e. The molecule has 0 saturated heterocycles. The van der Waals surface area contributed by atoms with E-state index in [1.54, 1.807) is 24.3 Å². The molecule has 0 aliphatic heterocycles. The van der Waals surface area contributed by atoms with Gasteiger partial charge < -0.3 is 10.2 Å². The van der Waals surface area contributed by atoms with Gasteiger partial charge in [-0.25, -0.2) is 9.59 Å². The lowest BCUT2D eigenvalue weighted by Gasteiger charge is -2.08. The van der Waals surface area contributed by atoms with E-state index in [9.17, 15) is 19.8 Å². The van der Waals surface area contributed by atoms with Gasteiger partial charge in [-0.2, -0.15) is 0 Å². The number of rotatable bonds is 3. The van der Waals surface area contributed by atoms with Crippen LogP contribution in [-0.4, -0.2) is 22.2 Å². The molecule has 144 valence electrons. The van der Waals surface area contributed by atoms with Crippen LogP contribution in [-0.2, 0) is 0 Å². The summed E-state index contributed by atoms with van der Waals surface area (Å²) in [7, 11) is 0. The maximum absolute atomic E-state index is 11.5. The van der Waals surface area contributed by atoms with Crippen LogP contribution >= 0.6 is 0 Å². The molecule has 4 aromatic carbocycles. The molecule has 30 heavy (non-hydrogen) atoms. The minimum atomic E-state index is -1.11. The summed E-state index contributed by atoms with van der Waals surface area (Å²) in [4.78, 5) is 22.8. The molecule has 0 spiro atoms. The van der Waals surface area contributed by atoms with E-state index in [4.69, 9.17) is 0 Å². The van der Waals surface area contributed by atoms with Crippen molar-refractivity contribution < 1.29 is 19.8 Å². The lowest BCUT2D eigenvalue weighted by Crippen LogP contribution is -2.03. The van der Waals surface area contributed by atoms with Gasteiger partial charge in [0.2, 0.25) is 0 Å². The van der Waals surface area contributed by atoms with Crippen molar-refractivity contribution in [2.75, 3.05) is 0 Å². The van der Waals surface area contributed by atoms with Gasteiger partial charge in [0.25, 0.3) is 0 Å². The maximum Gasteiger partial charge on any atom is 0.336 e. The zero-order valence-electron chi connectivity index (χ0n) is 15.8. The fourth-order valence-corrected chi connectivity index (χ4v) is 3.25. The molecule has 4 nitrogen and oxygen atoms in total. The van der Waals surface area contributed by atoms with Gasteiger partial charge in [0.05, 0.1) is 11.1 Å². The number of carboxylic acid groups (broad SMARTS) is 2. The first-order valence-corrected chi connectivity index (χ1v) is 9.23. The number of fused-ring (bicyclic) bond motifs is 1. The summed E-state index contributed by atoms with van der Waals surface area (Å²) in [5.41, 5.74) is 2.74. The number of hydrogen-bond acceptors (Lipinski definition) is 2. The predicted molar refractivity (Wildman–Crippen MR) is 116 cm³/mol. The Labute approximate surface area is 173 Å². The molecule has 0 aliphatic carbocycles. The van der Waals surface area contributed by atoms with Crippen molar-refractivity contribution in [3.8, 4) is 23.0 Å². The highest BCUT2D eigenvalue weighted by Crippen LogP contribution is 2.26. The third-order valence-corrected chi connectivity index (χ3v) is 4.79. The van der Waals surface area contributed by atoms with Gasteiger partial charge in [0, 0.05) is 11.1 Å². The molecule has 0 bridgehead atoms. The molecule has 0 amide bonds. The summed E-state index contributed by atoms with van der Waals surface area (Å²) in [6.07, 6.45) is 0. The third kappa shape index (κ3) is 3.91. The predicted octanol–water partition coefficient (Wildman–Crippen LogP) is 5.30. The van der Waals surface area contributed by atoms with Crippen molar-refractivity contribution in [1.82, 2.24) is 0 Å². The molecular weight excluding hydrogens is 376 g/mol. The average molecular weight is 392 g/mol. The minimum absolute atomic E-state index is 0.0372. The van der Waals surface area contributed by atoms with Crippen LogP contribution in [0.1, 0.15) is 31.8 Å². The summed E-state index contributed by atoms with van der Waals surface area (Å²) < 4.78 is 0. The lowest BCUT2D eigenvalue weighted by molar-refractivity contribution is 0.0682. The van der Waals surface area contributed by atoms with Crippen LogP contribution in [0.5, 0.6) is 0 Å². The van der Waals surface area contributed by atoms with Crippen LogP contribution in [0.25, 0.3) is 21.9 Å². The molecule has 4 rings (SSSR count). The fraction of sp³-hybridized carbons (Fsp3) is 0. The zero-order valence-corrected chi connectivity index (χ0v) is 15.8. The summed E-state index contributed by atoms with van der Waals surface area (Å²) in [6.45, 7) is 0. The first kappa shape index (κ1) is 19.0. The third-order valence-electron chi connectivity index (χ3n) is 4.79. The largest absolute Gasteiger partial charge is 0.478 e. The Balaban J connectivity index is 1.65. The van der Waals surface area contributed by atoms with Crippen molar-refractivity contribution in [3.05, 3.63) is 107 Å². The second kappa shape index (κ2) is 7.94. The van der Waals surface area contributed by atoms with E-state index in [0.29, 0.717) is 11.1 Å². The summed E-state index contributed by atoms with van der Waals surface area (Å²) in [6, 6.07) is 25.2. The highest BCUT2D eigenvalue weighted by atomic mass is 16.4. The van der Waals surface area contributed by atoms with Crippen molar-refractivity contribution in [3.63, 3.8) is 0 Å². The van der Waals surface area contributed by atoms with Crippen LogP contribution in [0.4, 0.5) is 0 Å². The first-order chi connectivity index (χ1) is 14.5. The molecule has 0 aliphatic rings. The Hall–Kier alpha value is -4.36. The van der Waals surface area contributed by atoms with E-state index in [-0.39, 0.29) is 11.1 Å². The summed E-state index contributed by atoms with van der Waals surface area (Å²) in [5, 5.41) is 20.9. The second-order valence-electron chi connectivity index (χ2n) is 6.76. The molecule has 2 N–H and O–H groups in total. The number of carbonyl (C=O) groups is 2. The molecule has 0 radical (unpaired) electrons. The highest BCUT2D eigenvalue weighted by molar-refractivity contribution is 5.99. The van der Waals surface area contributed by atoms with Crippen molar-refractivity contribution in [2.45, 2.75) is 0 Å². The van der Waals surface area contributed by atoms with Crippen LogP contribution in [0.2, 0.25) is 0 Å². The Morgan fingerprint density at radius 1 is 0.633 bits per heavy atom. The van der Waals surface area contributed by atoms with Gasteiger partial charge >= 0.3 is 11.9 Å². The molecule has 0 unspecified atom stereocenters. The van der Waals surface area contributed by atoms with Gasteiger partial charge in [0.15, 0.2) is 0 Å². The molecule has 0 atom stereocenters. The van der Waals surface area contributed by atoms with Crippen molar-refractivity contribution in [2.24, 2.45) is 0 Å². The van der Waals surface area contributed by atoms with Crippen LogP contribution in [0.15, 0.2) is 84.9 Å². The standard InChI is InChI=1S/C26H16O4/c27-25(28)22-13-14-23(26(29)30)24(16-22)20-11-7-17(8-12-20)5-6-18-9-10-19-3-1-2-4-21(19)15-18/h1-4,7-16H,(H,27,28)(H,29,30). The van der Waals surface area contributed by atoms with Gasteiger partial charge in [-0.15, -0.1) is 0 Å². The topological polar surface area (TPSA) is 74.6 Å². The van der Waals surface area contributed by atoms with Crippen molar-refractivity contribution in [1.29, 1.82) is 0 Å². The monoisotopic (exact) mass is 392 g/mol. The molecule has 0 saturated carbocycles. The first-order valence-electron chi connectivity index (χ1n) is 9.23. The molecule has 4 aromatic rings. The summed E-state index contributed by atoms with van der Waals surface area (Å²) >= 11 is 0. The average Bonchev–Trinajstić information content (AvgIpc) is 2.77. The second-order valence-corrected chi connectivity index (χ2v) is 6.76. The van der Waals surface area contributed by atoms with Crippen LogP contribution in [0.3, 0.4) is 0 Å². The SMILES string of the molecule is O=C(O)c1ccc(C(=O)O)c(-c2ccc(C#Cc3ccc4ccccc4c3)cc2)c1. The normalized spacial score (nSPS) is 10.3. The number of carboxylic acids is 2. The van der Waals surface area contributed by atoms with Gasteiger partial charge in [-0.1, -0.05) is 54.3 Å². The molecule has 0 aromatic heterocycles. The number of benzene rings is 4. The quantitative estimate of drug-likeness (QED) is 0.464. The van der Waals surface area contributed by atoms with E-state index in [1.807, 2.05) is 36.4 Å². The van der Waals surface area contributed by atoms with Gasteiger partial charge in [-0.3, -0.25) is 0 Å². The molecule has 0 heterocycles. The molecule has 4 heteroatoms.